The lowest BCUT2D eigenvalue weighted by molar-refractivity contribution is -0.137. The van der Waals surface area contributed by atoms with E-state index in [4.69, 9.17) is 4.74 Å². The van der Waals surface area contributed by atoms with Crippen molar-refractivity contribution >= 4 is 5.91 Å². The molecule has 1 saturated heterocycles. The first kappa shape index (κ1) is 15.6. The molecule has 0 radical (unpaired) electrons. The fraction of sp³-hybridized carbons (Fsp3) is 0.500. The summed E-state index contributed by atoms with van der Waals surface area (Å²) >= 11 is 0. The topological polar surface area (TPSA) is 41.6 Å². The van der Waals surface area contributed by atoms with Crippen LogP contribution in [0.15, 0.2) is 18.2 Å². The van der Waals surface area contributed by atoms with Gasteiger partial charge in [0, 0.05) is 26.2 Å². The second kappa shape index (κ2) is 6.34. The Labute approximate surface area is 120 Å². The standard InChI is InChI=1S/C14H17F3N2O2/c1-2-21-12-4-3-10(14(15,16)17)9-11(12)13(20)19-7-5-18-6-8-19/h3-4,9,18H,2,5-8H2,1H3. The van der Waals surface area contributed by atoms with Crippen LogP contribution in [0.2, 0.25) is 0 Å². The molecule has 116 valence electrons. The van der Waals surface area contributed by atoms with E-state index in [1.165, 1.54) is 11.0 Å². The van der Waals surface area contributed by atoms with Gasteiger partial charge in [0.05, 0.1) is 17.7 Å². The molecule has 0 aromatic heterocycles. The Balaban J connectivity index is 2.35. The molecule has 1 aliphatic rings. The molecule has 0 bridgehead atoms. The molecule has 21 heavy (non-hydrogen) atoms. The van der Waals surface area contributed by atoms with Crippen LogP contribution < -0.4 is 10.1 Å². The number of piperazine rings is 1. The van der Waals surface area contributed by atoms with Gasteiger partial charge in [0.25, 0.3) is 5.91 Å². The summed E-state index contributed by atoms with van der Waals surface area (Å²) in [5, 5.41) is 3.09. The number of hydrogen-bond acceptors (Lipinski definition) is 3. The summed E-state index contributed by atoms with van der Waals surface area (Å²) in [4.78, 5) is 14.0. The van der Waals surface area contributed by atoms with Crippen molar-refractivity contribution < 1.29 is 22.7 Å². The van der Waals surface area contributed by atoms with E-state index < -0.39 is 17.6 Å². The van der Waals surface area contributed by atoms with Crippen molar-refractivity contribution in [2.45, 2.75) is 13.1 Å². The van der Waals surface area contributed by atoms with Crippen molar-refractivity contribution in [1.29, 1.82) is 0 Å². The molecule has 1 heterocycles. The maximum atomic E-state index is 12.8. The third-order valence-electron chi connectivity index (χ3n) is 3.24. The van der Waals surface area contributed by atoms with E-state index in [0.717, 1.165) is 12.1 Å². The van der Waals surface area contributed by atoms with Crippen LogP contribution in [-0.2, 0) is 6.18 Å². The summed E-state index contributed by atoms with van der Waals surface area (Å²) in [5.41, 5.74) is -0.877. The van der Waals surface area contributed by atoms with Crippen LogP contribution in [0.1, 0.15) is 22.8 Å². The molecular weight excluding hydrogens is 285 g/mol. The third kappa shape index (κ3) is 3.66. The number of alkyl halides is 3. The fourth-order valence-corrected chi connectivity index (χ4v) is 2.19. The van der Waals surface area contributed by atoms with Gasteiger partial charge in [-0.15, -0.1) is 0 Å². The van der Waals surface area contributed by atoms with Crippen molar-refractivity contribution in [2.24, 2.45) is 0 Å². The van der Waals surface area contributed by atoms with Gasteiger partial charge < -0.3 is 15.0 Å². The number of benzene rings is 1. The fourth-order valence-electron chi connectivity index (χ4n) is 2.19. The predicted octanol–water partition coefficient (Wildman–Crippen LogP) is 2.15. The molecule has 1 aliphatic heterocycles. The number of nitrogens with one attached hydrogen (secondary N) is 1. The molecule has 1 amide bonds. The smallest absolute Gasteiger partial charge is 0.416 e. The first-order valence-corrected chi connectivity index (χ1v) is 6.77. The lowest BCUT2D eigenvalue weighted by Crippen LogP contribution is -2.46. The highest BCUT2D eigenvalue weighted by Gasteiger charge is 2.33. The zero-order chi connectivity index (χ0) is 15.5. The quantitative estimate of drug-likeness (QED) is 0.930. The van der Waals surface area contributed by atoms with Crippen LogP contribution in [0.4, 0.5) is 13.2 Å². The Bertz CT molecular complexity index is 511. The molecular formula is C14H17F3N2O2. The number of amides is 1. The SMILES string of the molecule is CCOc1ccc(C(F)(F)F)cc1C(=O)N1CCNCC1. The average molecular weight is 302 g/mol. The van der Waals surface area contributed by atoms with Crippen molar-refractivity contribution in [3.63, 3.8) is 0 Å². The number of hydrogen-bond donors (Lipinski definition) is 1. The molecule has 1 aromatic rings. The molecule has 7 heteroatoms. The molecule has 0 atom stereocenters. The second-order valence-corrected chi connectivity index (χ2v) is 4.68. The Morgan fingerprint density at radius 3 is 2.57 bits per heavy atom. The van der Waals surface area contributed by atoms with Crippen molar-refractivity contribution in [2.75, 3.05) is 32.8 Å². The van der Waals surface area contributed by atoms with E-state index in [1.807, 2.05) is 0 Å². The molecule has 1 aromatic carbocycles. The maximum Gasteiger partial charge on any atom is 0.416 e. The molecule has 0 unspecified atom stereocenters. The van der Waals surface area contributed by atoms with Gasteiger partial charge in [-0.2, -0.15) is 13.2 Å². The number of halogens is 3. The van der Waals surface area contributed by atoms with E-state index >= 15 is 0 Å². The highest BCUT2D eigenvalue weighted by molar-refractivity contribution is 5.97. The van der Waals surface area contributed by atoms with Gasteiger partial charge in [-0.25, -0.2) is 0 Å². The van der Waals surface area contributed by atoms with E-state index in [0.29, 0.717) is 26.2 Å². The maximum absolute atomic E-state index is 12.8. The highest BCUT2D eigenvalue weighted by Crippen LogP contribution is 2.33. The first-order valence-electron chi connectivity index (χ1n) is 6.77. The minimum absolute atomic E-state index is 0.0337. The van der Waals surface area contributed by atoms with Crippen molar-refractivity contribution in [3.8, 4) is 5.75 Å². The van der Waals surface area contributed by atoms with Crippen LogP contribution in [0.5, 0.6) is 5.75 Å². The number of carbonyl (C=O) groups is 1. The minimum atomic E-state index is -4.48. The lowest BCUT2D eigenvalue weighted by atomic mass is 10.1. The van der Waals surface area contributed by atoms with Crippen LogP contribution >= 0.6 is 0 Å². The average Bonchev–Trinajstić information content (AvgIpc) is 2.47. The Morgan fingerprint density at radius 1 is 1.33 bits per heavy atom. The molecule has 0 spiro atoms. The van der Waals surface area contributed by atoms with E-state index in [-0.39, 0.29) is 17.9 Å². The number of nitrogens with zero attached hydrogens (tertiary/aromatic N) is 1. The normalized spacial score (nSPS) is 15.9. The second-order valence-electron chi connectivity index (χ2n) is 4.68. The van der Waals surface area contributed by atoms with Crippen LogP contribution in [0.3, 0.4) is 0 Å². The van der Waals surface area contributed by atoms with Gasteiger partial charge in [-0.05, 0) is 25.1 Å². The van der Waals surface area contributed by atoms with Crippen LogP contribution in [-0.4, -0.2) is 43.6 Å². The third-order valence-corrected chi connectivity index (χ3v) is 3.24. The Morgan fingerprint density at radius 2 is 2.00 bits per heavy atom. The summed E-state index contributed by atoms with van der Waals surface area (Å²) < 4.78 is 43.7. The monoisotopic (exact) mass is 302 g/mol. The Kier molecular flexibility index (Phi) is 4.72. The van der Waals surface area contributed by atoms with Gasteiger partial charge in [0.15, 0.2) is 0 Å². The molecule has 4 nitrogen and oxygen atoms in total. The summed E-state index contributed by atoms with van der Waals surface area (Å²) in [6.45, 7) is 4.22. The van der Waals surface area contributed by atoms with Gasteiger partial charge in [-0.3, -0.25) is 4.79 Å². The zero-order valence-electron chi connectivity index (χ0n) is 11.7. The molecule has 1 N–H and O–H groups in total. The van der Waals surface area contributed by atoms with Crippen LogP contribution in [0.25, 0.3) is 0 Å². The minimum Gasteiger partial charge on any atom is -0.493 e. The van der Waals surface area contributed by atoms with E-state index in [1.54, 1.807) is 6.92 Å². The molecule has 0 saturated carbocycles. The van der Waals surface area contributed by atoms with E-state index in [2.05, 4.69) is 5.32 Å². The summed E-state index contributed by atoms with van der Waals surface area (Å²) in [6, 6.07) is 3.01. The summed E-state index contributed by atoms with van der Waals surface area (Å²) in [5.74, 6) is -0.236. The molecule has 1 fully saturated rings. The summed E-state index contributed by atoms with van der Waals surface area (Å²) in [6.07, 6.45) is -4.48. The first-order chi connectivity index (χ1) is 9.93. The molecule has 2 rings (SSSR count). The number of carbonyl (C=O) groups excluding carboxylic acids is 1. The summed E-state index contributed by atoms with van der Waals surface area (Å²) in [7, 11) is 0. The number of rotatable bonds is 3. The molecule has 0 aliphatic carbocycles. The van der Waals surface area contributed by atoms with Crippen molar-refractivity contribution in [1.82, 2.24) is 10.2 Å². The van der Waals surface area contributed by atoms with E-state index in [9.17, 15) is 18.0 Å². The lowest BCUT2D eigenvalue weighted by Gasteiger charge is -2.28. The van der Waals surface area contributed by atoms with Gasteiger partial charge in [0.1, 0.15) is 5.75 Å². The Hall–Kier alpha value is -1.76. The zero-order valence-corrected chi connectivity index (χ0v) is 11.7. The largest absolute Gasteiger partial charge is 0.493 e. The number of ether oxygens (including phenoxy) is 1. The van der Waals surface area contributed by atoms with Gasteiger partial charge >= 0.3 is 6.18 Å². The highest BCUT2D eigenvalue weighted by atomic mass is 19.4. The van der Waals surface area contributed by atoms with Gasteiger partial charge in [-0.1, -0.05) is 0 Å². The van der Waals surface area contributed by atoms with Crippen LogP contribution in [0, 0.1) is 0 Å². The predicted molar refractivity (Wildman–Crippen MR) is 71.4 cm³/mol. The van der Waals surface area contributed by atoms with Gasteiger partial charge in [0.2, 0.25) is 0 Å². The van der Waals surface area contributed by atoms with Crippen molar-refractivity contribution in [3.05, 3.63) is 29.3 Å².